The molecular formula is C12H10Cl2N4O. The largest absolute Gasteiger partial charge is 0.323 e. The molecule has 2 rings (SSSR count). The fraction of sp³-hybridized carbons (Fsp3) is 0. The van der Waals surface area contributed by atoms with Crippen molar-refractivity contribution in [2.45, 2.75) is 0 Å². The van der Waals surface area contributed by atoms with Crippen LogP contribution < -0.4 is 16.6 Å². The lowest BCUT2D eigenvalue weighted by Crippen LogP contribution is -2.15. The van der Waals surface area contributed by atoms with E-state index in [1.807, 2.05) is 0 Å². The molecule has 98 valence electrons. The number of carbonyl (C=O) groups is 1. The zero-order valence-corrected chi connectivity index (χ0v) is 11.2. The van der Waals surface area contributed by atoms with Crippen molar-refractivity contribution in [3.05, 3.63) is 52.3 Å². The number of pyridine rings is 1. The minimum atomic E-state index is -0.404. The van der Waals surface area contributed by atoms with Crippen molar-refractivity contribution in [3.8, 4) is 0 Å². The van der Waals surface area contributed by atoms with Gasteiger partial charge < -0.3 is 10.7 Å². The fourth-order valence-electron chi connectivity index (χ4n) is 1.41. The maximum atomic E-state index is 12.0. The molecular weight excluding hydrogens is 287 g/mol. The third-order valence-electron chi connectivity index (χ3n) is 2.36. The maximum absolute atomic E-state index is 12.0. The summed E-state index contributed by atoms with van der Waals surface area (Å²) in [5.41, 5.74) is 3.62. The van der Waals surface area contributed by atoms with Crippen molar-refractivity contribution in [2.24, 2.45) is 5.84 Å². The quantitative estimate of drug-likeness (QED) is 0.601. The number of aromatic nitrogens is 1. The zero-order chi connectivity index (χ0) is 13.8. The predicted molar refractivity (Wildman–Crippen MR) is 76.5 cm³/mol. The lowest BCUT2D eigenvalue weighted by Gasteiger charge is -2.08. The first-order valence-electron chi connectivity index (χ1n) is 5.30. The summed E-state index contributed by atoms with van der Waals surface area (Å²) in [4.78, 5) is 15.9. The molecule has 0 saturated carbocycles. The van der Waals surface area contributed by atoms with E-state index in [9.17, 15) is 4.79 Å². The summed E-state index contributed by atoms with van der Waals surface area (Å²) < 4.78 is 0. The summed E-state index contributed by atoms with van der Waals surface area (Å²) >= 11 is 11.9. The highest BCUT2D eigenvalue weighted by Gasteiger charge is 2.12. The number of nitrogen functional groups attached to an aromatic ring is 1. The van der Waals surface area contributed by atoms with Gasteiger partial charge in [0.15, 0.2) is 0 Å². The number of rotatable bonds is 3. The van der Waals surface area contributed by atoms with Crippen molar-refractivity contribution in [1.82, 2.24) is 4.98 Å². The number of hydrogen-bond donors (Lipinski definition) is 3. The lowest BCUT2D eigenvalue weighted by molar-refractivity contribution is 0.102. The molecule has 0 bridgehead atoms. The number of carbonyl (C=O) groups excluding carboxylic acids is 1. The number of para-hydroxylation sites is 1. The molecule has 19 heavy (non-hydrogen) atoms. The van der Waals surface area contributed by atoms with E-state index in [1.165, 1.54) is 12.3 Å². The van der Waals surface area contributed by atoms with Crippen molar-refractivity contribution in [1.29, 1.82) is 0 Å². The molecule has 4 N–H and O–H groups in total. The molecule has 1 amide bonds. The molecule has 2 aromatic rings. The van der Waals surface area contributed by atoms with Gasteiger partial charge in [-0.1, -0.05) is 29.3 Å². The fourth-order valence-corrected chi connectivity index (χ4v) is 1.90. The standard InChI is InChI=1S/C12H10Cl2N4O/c13-8-2-1-3-9(14)11(8)17-12(19)10-5-4-7(18-15)6-16-10/h1-6,18H,15H2,(H,17,19). The molecule has 1 aromatic heterocycles. The summed E-state index contributed by atoms with van der Waals surface area (Å²) in [6.45, 7) is 0. The minimum absolute atomic E-state index is 0.231. The van der Waals surface area contributed by atoms with E-state index in [-0.39, 0.29) is 5.69 Å². The van der Waals surface area contributed by atoms with Crippen molar-refractivity contribution in [3.63, 3.8) is 0 Å². The molecule has 7 heteroatoms. The van der Waals surface area contributed by atoms with Crippen LogP contribution >= 0.6 is 23.2 Å². The number of nitrogens with one attached hydrogen (secondary N) is 2. The smallest absolute Gasteiger partial charge is 0.274 e. The van der Waals surface area contributed by atoms with E-state index in [2.05, 4.69) is 15.7 Å². The topological polar surface area (TPSA) is 80.0 Å². The van der Waals surface area contributed by atoms with Gasteiger partial charge in [-0.2, -0.15) is 0 Å². The SMILES string of the molecule is NNc1ccc(C(=O)Nc2c(Cl)cccc2Cl)nc1. The summed E-state index contributed by atoms with van der Waals surface area (Å²) in [5.74, 6) is 4.81. The monoisotopic (exact) mass is 296 g/mol. The van der Waals surface area contributed by atoms with E-state index in [0.29, 0.717) is 21.4 Å². The molecule has 0 spiro atoms. The Bertz CT molecular complexity index is 581. The summed E-state index contributed by atoms with van der Waals surface area (Å²) in [7, 11) is 0. The Balaban J connectivity index is 2.20. The van der Waals surface area contributed by atoms with Gasteiger partial charge in [-0.15, -0.1) is 0 Å². The van der Waals surface area contributed by atoms with Crippen LogP contribution in [0.2, 0.25) is 10.0 Å². The van der Waals surface area contributed by atoms with Crippen LogP contribution in [0.5, 0.6) is 0 Å². The van der Waals surface area contributed by atoms with E-state index in [4.69, 9.17) is 29.0 Å². The van der Waals surface area contributed by atoms with Gasteiger partial charge in [0.2, 0.25) is 0 Å². The van der Waals surface area contributed by atoms with Crippen LogP contribution in [0.15, 0.2) is 36.5 Å². The second-order valence-electron chi connectivity index (χ2n) is 3.63. The number of amides is 1. The third kappa shape index (κ3) is 3.14. The van der Waals surface area contributed by atoms with E-state index >= 15 is 0 Å². The summed E-state index contributed by atoms with van der Waals surface area (Å²) in [6, 6.07) is 8.14. The number of benzene rings is 1. The molecule has 0 fully saturated rings. The molecule has 0 saturated heterocycles. The highest BCUT2D eigenvalue weighted by atomic mass is 35.5. The van der Waals surface area contributed by atoms with Crippen LogP contribution in [0, 0.1) is 0 Å². The van der Waals surface area contributed by atoms with Gasteiger partial charge in [0.1, 0.15) is 5.69 Å². The first-order valence-corrected chi connectivity index (χ1v) is 6.05. The zero-order valence-electron chi connectivity index (χ0n) is 9.65. The van der Waals surface area contributed by atoms with Crippen molar-refractivity contribution < 1.29 is 4.79 Å². The Morgan fingerprint density at radius 3 is 2.37 bits per heavy atom. The van der Waals surface area contributed by atoms with E-state index in [0.717, 1.165) is 0 Å². The first kappa shape index (κ1) is 13.6. The van der Waals surface area contributed by atoms with Crippen LogP contribution in [0.3, 0.4) is 0 Å². The number of anilines is 2. The molecule has 0 atom stereocenters. The third-order valence-corrected chi connectivity index (χ3v) is 2.99. The van der Waals surface area contributed by atoms with Crippen LogP contribution in [-0.2, 0) is 0 Å². The molecule has 1 aromatic carbocycles. The Hall–Kier alpha value is -1.82. The van der Waals surface area contributed by atoms with Gasteiger partial charge in [0.25, 0.3) is 5.91 Å². The second-order valence-corrected chi connectivity index (χ2v) is 4.44. The Morgan fingerprint density at radius 2 is 1.84 bits per heavy atom. The van der Waals surface area contributed by atoms with Crippen molar-refractivity contribution in [2.75, 3.05) is 10.7 Å². The lowest BCUT2D eigenvalue weighted by atomic mass is 10.3. The predicted octanol–water partition coefficient (Wildman–Crippen LogP) is 2.93. The normalized spacial score (nSPS) is 10.1. The molecule has 0 aliphatic rings. The number of nitrogens with two attached hydrogens (primary N) is 1. The van der Waals surface area contributed by atoms with Crippen LogP contribution in [0.4, 0.5) is 11.4 Å². The first-order chi connectivity index (χ1) is 9.11. The molecule has 5 nitrogen and oxygen atoms in total. The number of hydrogen-bond acceptors (Lipinski definition) is 4. The van der Waals surface area contributed by atoms with Gasteiger partial charge in [0.05, 0.1) is 27.6 Å². The number of nitrogens with zero attached hydrogens (tertiary/aromatic N) is 1. The van der Waals surface area contributed by atoms with Crippen LogP contribution in [-0.4, -0.2) is 10.9 Å². The second kappa shape index (κ2) is 5.88. The van der Waals surface area contributed by atoms with Gasteiger partial charge in [0, 0.05) is 0 Å². The summed E-state index contributed by atoms with van der Waals surface area (Å²) in [5, 5.41) is 3.34. The average molecular weight is 297 g/mol. The maximum Gasteiger partial charge on any atom is 0.274 e. The Labute approximate surface area is 119 Å². The molecule has 0 aliphatic carbocycles. The highest BCUT2D eigenvalue weighted by molar-refractivity contribution is 6.39. The highest BCUT2D eigenvalue weighted by Crippen LogP contribution is 2.30. The van der Waals surface area contributed by atoms with E-state index in [1.54, 1.807) is 24.3 Å². The summed E-state index contributed by atoms with van der Waals surface area (Å²) in [6.07, 6.45) is 1.45. The van der Waals surface area contributed by atoms with Gasteiger partial charge in [-0.25, -0.2) is 4.98 Å². The average Bonchev–Trinajstić information content (AvgIpc) is 2.43. The Kier molecular flexibility index (Phi) is 4.21. The van der Waals surface area contributed by atoms with Crippen LogP contribution in [0.25, 0.3) is 0 Å². The van der Waals surface area contributed by atoms with Gasteiger partial charge >= 0.3 is 0 Å². The van der Waals surface area contributed by atoms with Gasteiger partial charge in [-0.3, -0.25) is 10.6 Å². The number of halogens is 2. The molecule has 1 heterocycles. The minimum Gasteiger partial charge on any atom is -0.323 e. The van der Waals surface area contributed by atoms with E-state index < -0.39 is 5.91 Å². The van der Waals surface area contributed by atoms with Crippen LogP contribution in [0.1, 0.15) is 10.5 Å². The molecule has 0 radical (unpaired) electrons. The number of hydrazine groups is 1. The molecule has 0 unspecified atom stereocenters. The molecule has 0 aliphatic heterocycles. The van der Waals surface area contributed by atoms with Gasteiger partial charge in [-0.05, 0) is 24.3 Å². The Morgan fingerprint density at radius 1 is 1.16 bits per heavy atom. The van der Waals surface area contributed by atoms with Crippen molar-refractivity contribution >= 4 is 40.5 Å².